The molecule has 0 heterocycles. The Morgan fingerprint density at radius 3 is 2.57 bits per heavy atom. The first-order chi connectivity index (χ1) is 3.85. The van der Waals surface area contributed by atoms with Crippen molar-refractivity contribution in [3.05, 3.63) is 0 Å². The normalized spacial score (nSPS) is 19.9. The van der Waals surface area contributed by atoms with Crippen molar-refractivity contribution in [2.45, 2.75) is 13.0 Å². The smallest absolute Gasteiger partial charge is 0.547 e. The molecule has 0 aliphatic rings. The summed E-state index contributed by atoms with van der Waals surface area (Å²) in [5.41, 5.74) is 0. The molecule has 0 bridgehead atoms. The standard InChI is InChI=1S/C3H6O3.Na/c1-2(4)3(5)6;/h2,4H,1H3,(H,5,6);/q;+1/p-1/t2-;/m0./s1/i1D3;. The first kappa shape index (κ1) is 4.32. The van der Waals surface area contributed by atoms with E-state index in [0.717, 1.165) is 0 Å². The van der Waals surface area contributed by atoms with Crippen LogP contribution in [0.25, 0.3) is 0 Å². The van der Waals surface area contributed by atoms with Crippen LogP contribution in [0.1, 0.15) is 11.0 Å². The molecule has 0 rings (SSSR count). The fourth-order valence-corrected chi connectivity index (χ4v) is 0. The number of rotatable bonds is 1. The fraction of sp³-hybridized carbons (Fsp3) is 0.667. The largest absolute Gasteiger partial charge is 1.00 e. The van der Waals surface area contributed by atoms with Crippen molar-refractivity contribution in [1.29, 1.82) is 0 Å². The van der Waals surface area contributed by atoms with Crippen LogP contribution in [0.3, 0.4) is 0 Å². The van der Waals surface area contributed by atoms with Crippen LogP contribution in [0.2, 0.25) is 0 Å². The first-order valence-corrected chi connectivity index (χ1v) is 1.24. The molecule has 1 atom stereocenters. The van der Waals surface area contributed by atoms with Crippen LogP contribution in [0.4, 0.5) is 0 Å². The summed E-state index contributed by atoms with van der Waals surface area (Å²) < 4.78 is 19.0. The molecule has 0 aliphatic carbocycles. The maximum Gasteiger partial charge on any atom is 1.00 e. The summed E-state index contributed by atoms with van der Waals surface area (Å²) in [7, 11) is 0. The zero-order valence-corrected chi connectivity index (χ0v) is 5.84. The van der Waals surface area contributed by atoms with Gasteiger partial charge in [0.2, 0.25) is 0 Å². The van der Waals surface area contributed by atoms with Crippen molar-refractivity contribution in [1.82, 2.24) is 0 Å². The van der Waals surface area contributed by atoms with E-state index in [0.29, 0.717) is 0 Å². The van der Waals surface area contributed by atoms with Gasteiger partial charge in [0.25, 0.3) is 0 Å². The number of carboxylic acids is 1. The molecule has 0 saturated heterocycles. The Balaban J connectivity index is 0. The molecule has 0 aromatic rings. The molecule has 0 radical (unpaired) electrons. The fourth-order valence-electron chi connectivity index (χ4n) is 0. The van der Waals surface area contributed by atoms with E-state index in [1.807, 2.05) is 0 Å². The maximum atomic E-state index is 9.62. The van der Waals surface area contributed by atoms with Crippen LogP contribution in [0.5, 0.6) is 0 Å². The molecule has 0 spiro atoms. The summed E-state index contributed by atoms with van der Waals surface area (Å²) >= 11 is 0. The predicted octanol–water partition coefficient (Wildman–Crippen LogP) is -4.88. The van der Waals surface area contributed by atoms with Gasteiger partial charge in [-0.2, -0.15) is 0 Å². The van der Waals surface area contributed by atoms with Crippen LogP contribution in [0, 0.1) is 0 Å². The van der Waals surface area contributed by atoms with E-state index in [1.165, 1.54) is 0 Å². The number of carboxylic acid groups (broad SMARTS) is 1. The zero-order valence-electron chi connectivity index (χ0n) is 6.84. The second-order valence-corrected chi connectivity index (χ2v) is 0.722. The molecule has 3 nitrogen and oxygen atoms in total. The number of hydrogen-bond donors (Lipinski definition) is 1. The Bertz CT molecular complexity index is 123. The molecule has 0 unspecified atom stereocenters. The summed E-state index contributed by atoms with van der Waals surface area (Å²) in [4.78, 5) is 9.62. The SMILES string of the molecule is [2H]C([2H])([2H])[C@H](O)C(=O)[O-].[Na+]. The van der Waals surface area contributed by atoms with Crippen LogP contribution < -0.4 is 34.7 Å². The van der Waals surface area contributed by atoms with E-state index in [1.54, 1.807) is 0 Å². The van der Waals surface area contributed by atoms with Gasteiger partial charge in [-0.1, -0.05) is 0 Å². The van der Waals surface area contributed by atoms with E-state index in [4.69, 9.17) is 9.22 Å². The van der Waals surface area contributed by atoms with Gasteiger partial charge in [-0.3, -0.25) is 0 Å². The summed E-state index contributed by atoms with van der Waals surface area (Å²) in [6, 6.07) is 0. The van der Waals surface area contributed by atoms with Gasteiger partial charge in [-0.15, -0.1) is 0 Å². The van der Waals surface area contributed by atoms with Gasteiger partial charge in [0, 0.05) is 4.11 Å². The van der Waals surface area contributed by atoms with E-state index >= 15 is 0 Å². The van der Waals surface area contributed by atoms with E-state index < -0.39 is 18.9 Å². The van der Waals surface area contributed by atoms with Crippen molar-refractivity contribution < 1.29 is 48.7 Å². The third-order valence-corrected chi connectivity index (χ3v) is 0.223. The van der Waals surface area contributed by atoms with Gasteiger partial charge >= 0.3 is 29.6 Å². The minimum atomic E-state index is -2.88. The number of aliphatic hydroxyl groups excluding tert-OH is 1. The second kappa shape index (κ2) is 4.59. The molecule has 0 aliphatic heterocycles. The molecule has 7 heavy (non-hydrogen) atoms. The first-order valence-electron chi connectivity index (χ1n) is 2.74. The molecule has 0 aromatic heterocycles. The summed E-state index contributed by atoms with van der Waals surface area (Å²) in [5, 5.41) is 17.9. The third kappa shape index (κ3) is 6.43. The molecule has 0 amide bonds. The van der Waals surface area contributed by atoms with Gasteiger partial charge in [-0.05, 0) is 6.85 Å². The monoisotopic (exact) mass is 115 g/mol. The number of carbonyl (C=O) groups is 1. The van der Waals surface area contributed by atoms with Crippen molar-refractivity contribution in [2.75, 3.05) is 0 Å². The van der Waals surface area contributed by atoms with Gasteiger partial charge in [0.05, 0.1) is 12.1 Å². The minimum Gasteiger partial charge on any atom is -0.547 e. The second-order valence-electron chi connectivity index (χ2n) is 0.722. The summed E-state index contributed by atoms with van der Waals surface area (Å²) in [5.74, 6) is -1.98. The molecule has 36 valence electrons. The number of carbonyl (C=O) groups excluding carboxylic acids is 1. The predicted molar refractivity (Wildman–Crippen MR) is 16.7 cm³/mol. The Labute approximate surface area is 67.8 Å². The van der Waals surface area contributed by atoms with E-state index in [9.17, 15) is 9.90 Å². The van der Waals surface area contributed by atoms with E-state index in [2.05, 4.69) is 0 Å². The number of aliphatic carboxylic acids is 1. The van der Waals surface area contributed by atoms with Gasteiger partial charge in [0.1, 0.15) is 0 Å². The Kier molecular flexibility index (Phi) is 2.83. The number of aliphatic hydroxyl groups is 1. The van der Waals surface area contributed by atoms with Crippen LogP contribution in [0.15, 0.2) is 0 Å². The molecule has 1 N–H and O–H groups in total. The van der Waals surface area contributed by atoms with Gasteiger partial charge in [0.15, 0.2) is 0 Å². The zero-order chi connectivity index (χ0) is 7.65. The van der Waals surface area contributed by atoms with Gasteiger partial charge < -0.3 is 15.0 Å². The molecule has 4 heteroatoms. The Morgan fingerprint density at radius 2 is 2.57 bits per heavy atom. The van der Waals surface area contributed by atoms with Crippen molar-refractivity contribution in [2.24, 2.45) is 0 Å². The van der Waals surface area contributed by atoms with Gasteiger partial charge in [-0.25, -0.2) is 0 Å². The topological polar surface area (TPSA) is 60.4 Å². The summed E-state index contributed by atoms with van der Waals surface area (Å²) in [6.07, 6.45) is -2.38. The average molecular weight is 115 g/mol. The summed E-state index contributed by atoms with van der Waals surface area (Å²) in [6.45, 7) is -2.88. The molecule has 0 aromatic carbocycles. The van der Waals surface area contributed by atoms with Crippen molar-refractivity contribution in [3.8, 4) is 0 Å². The maximum absolute atomic E-state index is 9.62. The van der Waals surface area contributed by atoms with Crippen LogP contribution in [-0.4, -0.2) is 17.2 Å². The van der Waals surface area contributed by atoms with E-state index in [-0.39, 0.29) is 29.6 Å². The Hall–Kier alpha value is 0.430. The minimum absolute atomic E-state index is 0. The van der Waals surface area contributed by atoms with Crippen molar-refractivity contribution in [3.63, 3.8) is 0 Å². The third-order valence-electron chi connectivity index (χ3n) is 0.223. The molecule has 0 fully saturated rings. The molecule has 0 saturated carbocycles. The van der Waals surface area contributed by atoms with Crippen LogP contribution in [-0.2, 0) is 4.79 Å². The quantitative estimate of drug-likeness (QED) is 0.348. The van der Waals surface area contributed by atoms with Crippen molar-refractivity contribution >= 4 is 5.97 Å². The number of hydrogen-bond acceptors (Lipinski definition) is 3. The van der Waals surface area contributed by atoms with Crippen LogP contribution >= 0.6 is 0 Å². The molecular formula is C3H5NaO3. The molecular weight excluding hydrogens is 107 g/mol. The average Bonchev–Trinajstić information content (AvgIpc) is 1.62. The Morgan fingerprint density at radius 1 is 2.14 bits per heavy atom.